The van der Waals surface area contributed by atoms with E-state index in [4.69, 9.17) is 5.73 Å². The summed E-state index contributed by atoms with van der Waals surface area (Å²) in [5.74, 6) is 1.24. The second-order valence-electron chi connectivity index (χ2n) is 5.51. The Kier molecular flexibility index (Phi) is 5.31. The van der Waals surface area contributed by atoms with E-state index in [-0.39, 0.29) is 0 Å². The lowest BCUT2D eigenvalue weighted by Gasteiger charge is -2.38. The van der Waals surface area contributed by atoms with Crippen LogP contribution in [0.15, 0.2) is 18.2 Å². The predicted molar refractivity (Wildman–Crippen MR) is 85.8 cm³/mol. The van der Waals surface area contributed by atoms with Crippen LogP contribution in [0.4, 0.5) is 0 Å². The van der Waals surface area contributed by atoms with E-state index in [0.717, 1.165) is 11.8 Å². The summed E-state index contributed by atoms with van der Waals surface area (Å²) in [5, 5.41) is 0.771. The monoisotopic (exact) mass is 278 g/mol. The molecule has 1 aromatic carbocycles. The summed E-state index contributed by atoms with van der Waals surface area (Å²) in [6, 6.07) is 7.11. The summed E-state index contributed by atoms with van der Waals surface area (Å²) >= 11 is 2.11. The van der Waals surface area contributed by atoms with E-state index in [1.165, 1.54) is 35.4 Å². The van der Waals surface area contributed by atoms with Crippen molar-refractivity contribution in [1.82, 2.24) is 4.90 Å². The van der Waals surface area contributed by atoms with Crippen LogP contribution in [0.2, 0.25) is 0 Å². The van der Waals surface area contributed by atoms with Crippen molar-refractivity contribution in [3.63, 3.8) is 0 Å². The number of nitrogens with zero attached hydrogens (tertiary/aromatic N) is 1. The van der Waals surface area contributed by atoms with Crippen LogP contribution in [0.3, 0.4) is 0 Å². The molecule has 3 heteroatoms. The molecule has 2 rings (SSSR count). The fourth-order valence-corrected chi connectivity index (χ4v) is 4.07. The predicted octanol–water partition coefficient (Wildman–Crippen LogP) is 3.13. The van der Waals surface area contributed by atoms with Crippen molar-refractivity contribution >= 4 is 11.8 Å². The van der Waals surface area contributed by atoms with Crippen molar-refractivity contribution < 1.29 is 0 Å². The van der Waals surface area contributed by atoms with Crippen molar-refractivity contribution in [3.8, 4) is 0 Å². The summed E-state index contributed by atoms with van der Waals surface area (Å²) in [6.45, 7) is 9.71. The lowest BCUT2D eigenvalue weighted by Crippen LogP contribution is -2.43. The zero-order valence-electron chi connectivity index (χ0n) is 12.4. The van der Waals surface area contributed by atoms with Crippen molar-refractivity contribution in [2.45, 2.75) is 38.5 Å². The van der Waals surface area contributed by atoms with Gasteiger partial charge in [0.05, 0.1) is 0 Å². The molecule has 2 atom stereocenters. The molecule has 1 aliphatic heterocycles. The summed E-state index contributed by atoms with van der Waals surface area (Å²) in [4.78, 5) is 2.59. The minimum atomic E-state index is 0.384. The summed E-state index contributed by atoms with van der Waals surface area (Å²) in [5.41, 5.74) is 10.2. The van der Waals surface area contributed by atoms with Crippen LogP contribution < -0.4 is 5.73 Å². The minimum absolute atomic E-state index is 0.384. The van der Waals surface area contributed by atoms with E-state index in [9.17, 15) is 0 Å². The van der Waals surface area contributed by atoms with E-state index in [2.05, 4.69) is 55.6 Å². The third kappa shape index (κ3) is 3.53. The van der Waals surface area contributed by atoms with Gasteiger partial charge in [0.25, 0.3) is 0 Å². The van der Waals surface area contributed by atoms with Gasteiger partial charge in [-0.2, -0.15) is 11.8 Å². The highest BCUT2D eigenvalue weighted by Crippen LogP contribution is 2.30. The zero-order chi connectivity index (χ0) is 13.8. The topological polar surface area (TPSA) is 29.3 Å². The van der Waals surface area contributed by atoms with Gasteiger partial charge in [0.15, 0.2) is 0 Å². The van der Waals surface area contributed by atoms with Crippen molar-refractivity contribution in [2.24, 2.45) is 5.73 Å². The van der Waals surface area contributed by atoms with Gasteiger partial charge < -0.3 is 5.73 Å². The molecule has 0 bridgehead atoms. The van der Waals surface area contributed by atoms with Crippen molar-refractivity contribution in [2.75, 3.05) is 25.4 Å². The van der Waals surface area contributed by atoms with Gasteiger partial charge in [-0.25, -0.2) is 0 Å². The number of thioether (sulfide) groups is 1. The van der Waals surface area contributed by atoms with E-state index >= 15 is 0 Å². The van der Waals surface area contributed by atoms with Gasteiger partial charge in [0, 0.05) is 36.7 Å². The third-order valence-corrected chi connectivity index (χ3v) is 5.46. The molecule has 0 spiro atoms. The average Bonchev–Trinajstić information content (AvgIpc) is 2.44. The molecule has 106 valence electrons. The third-order valence-electron chi connectivity index (χ3n) is 4.08. The Bertz CT molecular complexity index is 419. The Morgan fingerprint density at radius 3 is 2.89 bits per heavy atom. The molecule has 19 heavy (non-hydrogen) atoms. The van der Waals surface area contributed by atoms with Gasteiger partial charge in [-0.15, -0.1) is 0 Å². The zero-order valence-corrected chi connectivity index (χ0v) is 13.2. The number of aryl methyl sites for hydroxylation is 2. The maximum atomic E-state index is 6.09. The molecule has 1 saturated heterocycles. The number of rotatable bonds is 4. The van der Waals surface area contributed by atoms with Crippen LogP contribution in [-0.4, -0.2) is 35.5 Å². The lowest BCUT2D eigenvalue weighted by molar-refractivity contribution is 0.207. The maximum absolute atomic E-state index is 6.09. The van der Waals surface area contributed by atoms with Gasteiger partial charge in [-0.3, -0.25) is 4.90 Å². The SMILES string of the molecule is CCC1CN(C(CN)c2cc(C)ccc2C)CCS1. The molecule has 2 unspecified atom stereocenters. The van der Waals surface area contributed by atoms with Crippen LogP contribution in [-0.2, 0) is 0 Å². The molecular formula is C16H26N2S. The largest absolute Gasteiger partial charge is 0.329 e. The van der Waals surface area contributed by atoms with E-state index in [1.807, 2.05) is 0 Å². The van der Waals surface area contributed by atoms with Crippen LogP contribution >= 0.6 is 11.8 Å². The van der Waals surface area contributed by atoms with Crippen molar-refractivity contribution in [3.05, 3.63) is 34.9 Å². The molecule has 0 aliphatic carbocycles. The second kappa shape index (κ2) is 6.78. The maximum Gasteiger partial charge on any atom is 0.0473 e. The van der Waals surface area contributed by atoms with E-state index in [1.54, 1.807) is 0 Å². The lowest BCUT2D eigenvalue weighted by atomic mass is 9.97. The average molecular weight is 278 g/mol. The first-order valence-corrected chi connectivity index (χ1v) is 8.33. The molecule has 1 aliphatic rings. The Morgan fingerprint density at radius 2 is 2.21 bits per heavy atom. The number of hydrogen-bond acceptors (Lipinski definition) is 3. The minimum Gasteiger partial charge on any atom is -0.329 e. The Hall–Kier alpha value is -0.510. The molecule has 2 nitrogen and oxygen atoms in total. The molecule has 1 heterocycles. The highest BCUT2D eigenvalue weighted by molar-refractivity contribution is 8.00. The molecule has 0 saturated carbocycles. The highest BCUT2D eigenvalue weighted by Gasteiger charge is 2.26. The van der Waals surface area contributed by atoms with Gasteiger partial charge in [0.2, 0.25) is 0 Å². The molecular weight excluding hydrogens is 252 g/mol. The summed E-state index contributed by atoms with van der Waals surface area (Å²) in [7, 11) is 0. The fourth-order valence-electron chi connectivity index (χ4n) is 2.86. The molecule has 1 fully saturated rings. The number of hydrogen-bond donors (Lipinski definition) is 1. The molecule has 0 amide bonds. The first-order chi connectivity index (χ1) is 9.15. The standard InChI is InChI=1S/C16H26N2S/c1-4-14-11-18(7-8-19-14)16(10-17)15-9-12(2)5-6-13(15)3/h5-6,9,14,16H,4,7-8,10-11,17H2,1-3H3. The van der Waals surface area contributed by atoms with Crippen LogP contribution in [0.25, 0.3) is 0 Å². The second-order valence-corrected chi connectivity index (χ2v) is 6.92. The first-order valence-electron chi connectivity index (χ1n) is 7.28. The first kappa shape index (κ1) is 14.9. The molecule has 0 aromatic heterocycles. The van der Waals surface area contributed by atoms with E-state index < -0.39 is 0 Å². The number of benzene rings is 1. The summed E-state index contributed by atoms with van der Waals surface area (Å²) < 4.78 is 0. The fraction of sp³-hybridized carbons (Fsp3) is 0.625. The van der Waals surface area contributed by atoms with Crippen LogP contribution in [0, 0.1) is 13.8 Å². The Labute approximate surface area is 121 Å². The smallest absolute Gasteiger partial charge is 0.0473 e. The van der Waals surface area contributed by atoms with Gasteiger partial charge in [0.1, 0.15) is 0 Å². The van der Waals surface area contributed by atoms with Crippen LogP contribution in [0.5, 0.6) is 0 Å². The Balaban J connectivity index is 2.21. The van der Waals surface area contributed by atoms with Crippen LogP contribution in [0.1, 0.15) is 36.1 Å². The van der Waals surface area contributed by atoms with E-state index in [0.29, 0.717) is 12.6 Å². The normalized spacial score (nSPS) is 22.4. The quantitative estimate of drug-likeness (QED) is 0.917. The number of nitrogens with two attached hydrogens (primary N) is 1. The molecule has 2 N–H and O–H groups in total. The van der Waals surface area contributed by atoms with Gasteiger partial charge in [-0.1, -0.05) is 30.7 Å². The highest BCUT2D eigenvalue weighted by atomic mass is 32.2. The van der Waals surface area contributed by atoms with Crippen molar-refractivity contribution in [1.29, 1.82) is 0 Å². The summed E-state index contributed by atoms with van der Waals surface area (Å²) in [6.07, 6.45) is 1.26. The molecule has 0 radical (unpaired) electrons. The van der Waals surface area contributed by atoms with Gasteiger partial charge >= 0.3 is 0 Å². The Morgan fingerprint density at radius 1 is 1.42 bits per heavy atom. The molecule has 1 aromatic rings. The van der Waals surface area contributed by atoms with Gasteiger partial charge in [-0.05, 0) is 31.4 Å².